The average molecular weight is 324 g/mol. The summed E-state index contributed by atoms with van der Waals surface area (Å²) in [5, 5.41) is 8.05. The monoisotopic (exact) mass is 323 g/mol. The first-order chi connectivity index (χ1) is 10.2. The molecule has 21 heavy (non-hydrogen) atoms. The summed E-state index contributed by atoms with van der Waals surface area (Å²) < 4.78 is 1.14. The Hall–Kier alpha value is -1.17. The van der Waals surface area contributed by atoms with Crippen LogP contribution in [0.1, 0.15) is 17.8 Å². The number of amides is 1. The van der Waals surface area contributed by atoms with Crippen LogP contribution in [-0.2, 0) is 11.2 Å². The third-order valence-electron chi connectivity index (χ3n) is 3.74. The minimum atomic E-state index is 0.167. The number of thiazole rings is 1. The largest absolute Gasteiger partial charge is 0.355 e. The number of carbonyl (C=O) groups is 1. The van der Waals surface area contributed by atoms with Crippen molar-refractivity contribution in [1.82, 2.24) is 15.6 Å². The van der Waals surface area contributed by atoms with E-state index in [1.807, 2.05) is 18.2 Å². The van der Waals surface area contributed by atoms with Gasteiger partial charge in [0.05, 0.1) is 15.2 Å². The molecule has 1 fully saturated rings. The summed E-state index contributed by atoms with van der Waals surface area (Å²) in [7, 11) is 0. The first kappa shape index (κ1) is 14.8. The van der Waals surface area contributed by atoms with E-state index < -0.39 is 0 Å². The summed E-state index contributed by atoms with van der Waals surface area (Å²) in [5.74, 6) is 0.348. The summed E-state index contributed by atoms with van der Waals surface area (Å²) in [6.07, 6.45) is 2.64. The number of hydrogen-bond donors (Lipinski definition) is 2. The molecule has 0 saturated carbocycles. The molecule has 1 aromatic heterocycles. The molecule has 0 spiro atoms. The summed E-state index contributed by atoms with van der Waals surface area (Å²) in [6.45, 7) is 2.53. The second kappa shape index (κ2) is 6.73. The zero-order valence-corrected chi connectivity index (χ0v) is 13.3. The van der Waals surface area contributed by atoms with Gasteiger partial charge in [0.1, 0.15) is 0 Å². The first-order valence-corrected chi connectivity index (χ1v) is 8.45. The van der Waals surface area contributed by atoms with Crippen LogP contribution in [0.25, 0.3) is 10.2 Å². The topological polar surface area (TPSA) is 54.0 Å². The standard InChI is InChI=1S/C15H18ClN3OS/c16-11-1-2-13-12(9-11)19-14(21-13)5-8-18-15(20)10-3-6-17-7-4-10/h1-2,9-10,17H,3-8H2,(H,18,20). The van der Waals surface area contributed by atoms with Gasteiger partial charge >= 0.3 is 0 Å². The zero-order valence-electron chi connectivity index (χ0n) is 11.7. The van der Waals surface area contributed by atoms with Crippen LogP contribution in [0.2, 0.25) is 5.02 Å². The molecule has 1 aliphatic heterocycles. The molecule has 0 unspecified atom stereocenters. The highest BCUT2D eigenvalue weighted by atomic mass is 35.5. The molecule has 1 aliphatic rings. The van der Waals surface area contributed by atoms with Crippen molar-refractivity contribution in [1.29, 1.82) is 0 Å². The number of fused-ring (bicyclic) bond motifs is 1. The highest BCUT2D eigenvalue weighted by Gasteiger charge is 2.20. The molecule has 2 heterocycles. The molecule has 0 aliphatic carbocycles. The number of aromatic nitrogens is 1. The number of nitrogens with one attached hydrogen (secondary N) is 2. The van der Waals surface area contributed by atoms with Gasteiger partial charge < -0.3 is 10.6 Å². The third kappa shape index (κ3) is 3.73. The summed E-state index contributed by atoms with van der Waals surface area (Å²) >= 11 is 7.62. The van der Waals surface area contributed by atoms with E-state index in [0.717, 1.165) is 47.6 Å². The van der Waals surface area contributed by atoms with E-state index in [0.29, 0.717) is 11.6 Å². The van der Waals surface area contributed by atoms with Crippen LogP contribution in [0.15, 0.2) is 18.2 Å². The van der Waals surface area contributed by atoms with Gasteiger partial charge in [-0.15, -0.1) is 11.3 Å². The van der Waals surface area contributed by atoms with E-state index >= 15 is 0 Å². The van der Waals surface area contributed by atoms with Crippen LogP contribution in [0.4, 0.5) is 0 Å². The Bertz CT molecular complexity index is 637. The van der Waals surface area contributed by atoms with Crippen molar-refractivity contribution in [2.24, 2.45) is 5.92 Å². The van der Waals surface area contributed by atoms with Crippen LogP contribution < -0.4 is 10.6 Å². The Balaban J connectivity index is 1.53. The number of hydrogen-bond acceptors (Lipinski definition) is 4. The molecular formula is C15H18ClN3OS. The fourth-order valence-electron chi connectivity index (χ4n) is 2.58. The predicted octanol–water partition coefficient (Wildman–Crippen LogP) is 2.61. The maximum Gasteiger partial charge on any atom is 0.223 e. The minimum Gasteiger partial charge on any atom is -0.355 e. The second-order valence-electron chi connectivity index (χ2n) is 5.28. The van der Waals surface area contributed by atoms with Gasteiger partial charge in [0.15, 0.2) is 0 Å². The van der Waals surface area contributed by atoms with Crippen molar-refractivity contribution in [3.05, 3.63) is 28.2 Å². The van der Waals surface area contributed by atoms with E-state index in [1.54, 1.807) is 11.3 Å². The second-order valence-corrected chi connectivity index (χ2v) is 6.84. The van der Waals surface area contributed by atoms with Gasteiger partial charge in [-0.2, -0.15) is 0 Å². The van der Waals surface area contributed by atoms with E-state index in [1.165, 1.54) is 0 Å². The number of nitrogens with zero attached hydrogens (tertiary/aromatic N) is 1. The fourth-order valence-corrected chi connectivity index (χ4v) is 3.69. The normalized spacial score (nSPS) is 16.2. The van der Waals surface area contributed by atoms with E-state index in [-0.39, 0.29) is 11.8 Å². The highest BCUT2D eigenvalue weighted by molar-refractivity contribution is 7.18. The van der Waals surface area contributed by atoms with Crippen LogP contribution in [0.3, 0.4) is 0 Å². The van der Waals surface area contributed by atoms with Crippen LogP contribution >= 0.6 is 22.9 Å². The van der Waals surface area contributed by atoms with Crippen LogP contribution in [0, 0.1) is 5.92 Å². The fraction of sp³-hybridized carbons (Fsp3) is 0.467. The first-order valence-electron chi connectivity index (χ1n) is 7.26. The number of piperidine rings is 1. The predicted molar refractivity (Wildman–Crippen MR) is 86.9 cm³/mol. The number of benzene rings is 1. The molecule has 6 heteroatoms. The Labute approximate surface area is 132 Å². The number of rotatable bonds is 4. The lowest BCUT2D eigenvalue weighted by Crippen LogP contribution is -2.38. The van der Waals surface area contributed by atoms with E-state index in [4.69, 9.17) is 11.6 Å². The molecule has 3 rings (SSSR count). The maximum absolute atomic E-state index is 12.0. The Morgan fingerprint density at radius 2 is 2.24 bits per heavy atom. The SMILES string of the molecule is O=C(NCCc1nc2cc(Cl)ccc2s1)C1CCNCC1. The van der Waals surface area contributed by atoms with Crippen LogP contribution in [0.5, 0.6) is 0 Å². The Kier molecular flexibility index (Phi) is 4.73. The number of halogens is 1. The zero-order chi connectivity index (χ0) is 14.7. The molecule has 0 atom stereocenters. The van der Waals surface area contributed by atoms with E-state index in [9.17, 15) is 4.79 Å². The van der Waals surface area contributed by atoms with Crippen molar-refractivity contribution in [3.8, 4) is 0 Å². The lowest BCUT2D eigenvalue weighted by Gasteiger charge is -2.21. The molecule has 4 nitrogen and oxygen atoms in total. The minimum absolute atomic E-state index is 0.167. The van der Waals surface area contributed by atoms with E-state index in [2.05, 4.69) is 15.6 Å². The quantitative estimate of drug-likeness (QED) is 0.909. The smallest absolute Gasteiger partial charge is 0.223 e. The van der Waals surface area contributed by atoms with Crippen molar-refractivity contribution in [3.63, 3.8) is 0 Å². The van der Waals surface area contributed by atoms with Gasteiger partial charge in [0, 0.05) is 23.9 Å². The summed E-state index contributed by atoms with van der Waals surface area (Å²) in [5.41, 5.74) is 0.937. The Morgan fingerprint density at radius 1 is 1.43 bits per heavy atom. The average Bonchev–Trinajstić information content (AvgIpc) is 2.89. The lowest BCUT2D eigenvalue weighted by atomic mass is 9.97. The van der Waals surface area contributed by atoms with Gasteiger partial charge in [-0.1, -0.05) is 11.6 Å². The molecule has 1 amide bonds. The summed E-state index contributed by atoms with van der Waals surface area (Å²) in [6, 6.07) is 5.75. The summed E-state index contributed by atoms with van der Waals surface area (Å²) in [4.78, 5) is 16.6. The molecule has 2 aromatic rings. The third-order valence-corrected chi connectivity index (χ3v) is 5.07. The van der Waals surface area contributed by atoms with Gasteiger partial charge in [0.2, 0.25) is 5.91 Å². The maximum atomic E-state index is 12.0. The molecular weight excluding hydrogens is 306 g/mol. The molecule has 0 bridgehead atoms. The van der Waals surface area contributed by atoms with Crippen molar-refractivity contribution in [2.45, 2.75) is 19.3 Å². The molecule has 2 N–H and O–H groups in total. The van der Waals surface area contributed by atoms with Crippen molar-refractivity contribution in [2.75, 3.05) is 19.6 Å². The highest BCUT2D eigenvalue weighted by Crippen LogP contribution is 2.25. The molecule has 1 saturated heterocycles. The lowest BCUT2D eigenvalue weighted by molar-refractivity contribution is -0.125. The Morgan fingerprint density at radius 3 is 3.05 bits per heavy atom. The van der Waals surface area contributed by atoms with Crippen molar-refractivity contribution < 1.29 is 4.79 Å². The van der Waals surface area contributed by atoms with Crippen LogP contribution in [-0.4, -0.2) is 30.5 Å². The van der Waals surface area contributed by atoms with Gasteiger partial charge in [-0.05, 0) is 44.1 Å². The molecule has 0 radical (unpaired) electrons. The number of carbonyl (C=O) groups excluding carboxylic acids is 1. The molecule has 112 valence electrons. The van der Waals surface area contributed by atoms with Gasteiger partial charge in [-0.3, -0.25) is 4.79 Å². The van der Waals surface area contributed by atoms with Gasteiger partial charge in [0.25, 0.3) is 0 Å². The van der Waals surface area contributed by atoms with Crippen molar-refractivity contribution >= 4 is 39.1 Å². The van der Waals surface area contributed by atoms with Gasteiger partial charge in [-0.25, -0.2) is 4.98 Å². The molecule has 1 aromatic carbocycles.